The number of carbonyl (C=O) groups excluding carboxylic acids is 1. The van der Waals surface area contributed by atoms with Crippen molar-refractivity contribution in [1.82, 2.24) is 10.3 Å². The Bertz CT molecular complexity index is 1220. The second-order valence-electron chi connectivity index (χ2n) is 6.45. The molecule has 10 heteroatoms. The average Bonchev–Trinajstić information content (AvgIpc) is 2.66. The molecule has 0 saturated heterocycles. The molecule has 0 fully saturated rings. The van der Waals surface area contributed by atoms with Crippen molar-refractivity contribution in [1.29, 1.82) is 0 Å². The summed E-state index contributed by atoms with van der Waals surface area (Å²) in [7, 11) is 0. The number of aromatic amines is 1. The quantitative estimate of drug-likeness (QED) is 0.549. The predicted molar refractivity (Wildman–Crippen MR) is 104 cm³/mol. The number of pyridine rings is 1. The van der Waals surface area contributed by atoms with E-state index in [9.17, 15) is 22.8 Å². The van der Waals surface area contributed by atoms with Crippen LogP contribution >= 0.6 is 23.2 Å². The van der Waals surface area contributed by atoms with Gasteiger partial charge >= 0.3 is 6.18 Å². The Morgan fingerprint density at radius 3 is 2.53 bits per heavy atom. The van der Waals surface area contributed by atoms with E-state index in [1.807, 2.05) is 0 Å². The topological polar surface area (TPSA) is 71.2 Å². The molecule has 0 radical (unpaired) electrons. The first-order valence-electron chi connectivity index (χ1n) is 8.52. The van der Waals surface area contributed by atoms with Crippen molar-refractivity contribution < 1.29 is 22.7 Å². The van der Waals surface area contributed by atoms with Crippen LogP contribution in [0.4, 0.5) is 13.2 Å². The lowest BCUT2D eigenvalue weighted by molar-refractivity contribution is -0.141. The number of benzene rings is 2. The third kappa shape index (κ3) is 3.64. The maximum Gasteiger partial charge on any atom is 0.431 e. The van der Waals surface area contributed by atoms with Gasteiger partial charge in [0.05, 0.1) is 6.04 Å². The minimum atomic E-state index is -4.74. The highest BCUT2D eigenvalue weighted by Gasteiger charge is 2.34. The van der Waals surface area contributed by atoms with Crippen molar-refractivity contribution in [3.8, 4) is 11.5 Å². The van der Waals surface area contributed by atoms with Gasteiger partial charge in [-0.3, -0.25) is 9.59 Å². The van der Waals surface area contributed by atoms with Gasteiger partial charge in [-0.2, -0.15) is 13.2 Å². The maximum atomic E-state index is 12.8. The minimum absolute atomic E-state index is 0.305. The molecule has 3 aromatic rings. The number of hydrogen-bond donors (Lipinski definition) is 2. The summed E-state index contributed by atoms with van der Waals surface area (Å²) in [6, 6.07) is 10.3. The Balaban J connectivity index is 1.75. The maximum absolute atomic E-state index is 12.8. The molecule has 0 aliphatic carbocycles. The molecule has 1 amide bonds. The van der Waals surface area contributed by atoms with Crippen molar-refractivity contribution >= 4 is 29.1 Å². The number of nitrogens with one attached hydrogen (secondary N) is 2. The van der Waals surface area contributed by atoms with Crippen LogP contribution in [0.15, 0.2) is 53.3 Å². The SMILES string of the molecule is O=C(NC1c2ccc(Cl)cc2Oc2cccc(Cl)c21)c1ccc(C(F)(F)F)[nH]c1=O. The molecule has 4 rings (SSSR count). The molecule has 1 atom stereocenters. The summed E-state index contributed by atoms with van der Waals surface area (Å²) in [6.45, 7) is 0. The normalized spacial score (nSPS) is 15.0. The smallest absolute Gasteiger partial charge is 0.431 e. The van der Waals surface area contributed by atoms with Gasteiger partial charge in [-0.1, -0.05) is 35.3 Å². The first-order chi connectivity index (χ1) is 14.1. The standard InChI is InChI=1S/C20H11Cl2F3N2O3/c21-9-4-5-10-14(8-9)30-13-3-1-2-12(22)16(13)17(10)27-19(29)11-6-7-15(20(23,24)25)26-18(11)28/h1-8,17H,(H,26,28)(H,27,29). The Labute approximate surface area is 177 Å². The van der Waals surface area contributed by atoms with E-state index in [0.29, 0.717) is 38.7 Å². The molecule has 2 aromatic carbocycles. The van der Waals surface area contributed by atoms with Gasteiger partial charge in [-0.05, 0) is 36.4 Å². The van der Waals surface area contributed by atoms with E-state index in [2.05, 4.69) is 5.32 Å². The summed E-state index contributed by atoms with van der Waals surface area (Å²) in [6.07, 6.45) is -4.74. The van der Waals surface area contributed by atoms with E-state index >= 15 is 0 Å². The Kier molecular flexibility index (Phi) is 4.99. The number of alkyl halides is 3. The molecule has 0 bridgehead atoms. The van der Waals surface area contributed by atoms with Crippen LogP contribution < -0.4 is 15.6 Å². The number of H-pyrrole nitrogens is 1. The first kappa shape index (κ1) is 20.3. The van der Waals surface area contributed by atoms with Crippen LogP contribution in [0.1, 0.15) is 33.2 Å². The Morgan fingerprint density at radius 1 is 1.07 bits per heavy atom. The van der Waals surface area contributed by atoms with Gasteiger partial charge in [0.1, 0.15) is 22.8 Å². The fourth-order valence-electron chi connectivity index (χ4n) is 3.17. The van der Waals surface area contributed by atoms with E-state index in [1.165, 1.54) is 0 Å². The summed E-state index contributed by atoms with van der Waals surface area (Å²) >= 11 is 12.3. The molecule has 1 aliphatic rings. The second kappa shape index (κ2) is 7.37. The number of hydrogen-bond acceptors (Lipinski definition) is 3. The molecule has 1 aliphatic heterocycles. The molecule has 2 N–H and O–H groups in total. The summed E-state index contributed by atoms with van der Waals surface area (Å²) in [5, 5.41) is 3.37. The lowest BCUT2D eigenvalue weighted by atomic mass is 9.94. The minimum Gasteiger partial charge on any atom is -0.456 e. The van der Waals surface area contributed by atoms with Gasteiger partial charge in [0.2, 0.25) is 0 Å². The number of amides is 1. The average molecular weight is 455 g/mol. The first-order valence-corrected chi connectivity index (χ1v) is 9.28. The molecule has 154 valence electrons. The number of carbonyl (C=O) groups is 1. The monoisotopic (exact) mass is 454 g/mol. The third-order valence-electron chi connectivity index (χ3n) is 4.54. The zero-order valence-electron chi connectivity index (χ0n) is 14.8. The van der Waals surface area contributed by atoms with E-state index in [0.717, 1.165) is 6.07 Å². The summed E-state index contributed by atoms with van der Waals surface area (Å²) in [5.41, 5.74) is -1.91. The zero-order chi connectivity index (χ0) is 21.6. The number of fused-ring (bicyclic) bond motifs is 2. The molecule has 2 heterocycles. The van der Waals surface area contributed by atoms with E-state index in [1.54, 1.807) is 41.4 Å². The predicted octanol–water partition coefficient (Wildman–Crippen LogP) is 5.33. The van der Waals surface area contributed by atoms with Gasteiger partial charge in [0.15, 0.2) is 0 Å². The molecule has 30 heavy (non-hydrogen) atoms. The van der Waals surface area contributed by atoms with Crippen molar-refractivity contribution in [2.45, 2.75) is 12.2 Å². The van der Waals surface area contributed by atoms with Gasteiger partial charge in [-0.15, -0.1) is 0 Å². The van der Waals surface area contributed by atoms with Crippen molar-refractivity contribution in [3.63, 3.8) is 0 Å². The van der Waals surface area contributed by atoms with Gasteiger partial charge in [0, 0.05) is 21.2 Å². The summed E-state index contributed by atoms with van der Waals surface area (Å²) in [4.78, 5) is 26.5. The van der Waals surface area contributed by atoms with Crippen molar-refractivity contribution in [2.75, 3.05) is 0 Å². The highest BCUT2D eigenvalue weighted by molar-refractivity contribution is 6.32. The van der Waals surface area contributed by atoms with Crippen LogP contribution in [0.3, 0.4) is 0 Å². The number of halogens is 5. The van der Waals surface area contributed by atoms with Gasteiger partial charge < -0.3 is 15.0 Å². The van der Waals surface area contributed by atoms with Gasteiger partial charge in [0.25, 0.3) is 11.5 Å². The van der Waals surface area contributed by atoms with E-state index < -0.39 is 34.9 Å². The molecule has 1 unspecified atom stereocenters. The van der Waals surface area contributed by atoms with Crippen LogP contribution in [-0.4, -0.2) is 10.9 Å². The lowest BCUT2D eigenvalue weighted by Crippen LogP contribution is -2.35. The fraction of sp³-hybridized carbons (Fsp3) is 0.100. The molecule has 0 spiro atoms. The van der Waals surface area contributed by atoms with Crippen molar-refractivity contribution in [2.24, 2.45) is 0 Å². The molecule has 0 saturated carbocycles. The molecular formula is C20H11Cl2F3N2O3. The van der Waals surface area contributed by atoms with E-state index in [4.69, 9.17) is 27.9 Å². The second-order valence-corrected chi connectivity index (χ2v) is 7.30. The van der Waals surface area contributed by atoms with E-state index in [-0.39, 0.29) is 0 Å². The van der Waals surface area contributed by atoms with Crippen LogP contribution in [0.25, 0.3) is 0 Å². The van der Waals surface area contributed by atoms with Crippen LogP contribution in [-0.2, 0) is 6.18 Å². The summed E-state index contributed by atoms with van der Waals surface area (Å²) < 4.78 is 44.1. The molecular weight excluding hydrogens is 444 g/mol. The van der Waals surface area contributed by atoms with Crippen molar-refractivity contribution in [3.05, 3.63) is 91.3 Å². The highest BCUT2D eigenvalue weighted by Crippen LogP contribution is 2.46. The van der Waals surface area contributed by atoms with Crippen LogP contribution in [0.5, 0.6) is 11.5 Å². The lowest BCUT2D eigenvalue weighted by Gasteiger charge is -2.29. The third-order valence-corrected chi connectivity index (χ3v) is 5.11. The Hall–Kier alpha value is -2.97. The zero-order valence-corrected chi connectivity index (χ0v) is 16.3. The van der Waals surface area contributed by atoms with Gasteiger partial charge in [-0.25, -0.2) is 0 Å². The fourth-order valence-corrected chi connectivity index (χ4v) is 3.61. The Morgan fingerprint density at radius 2 is 1.83 bits per heavy atom. The molecule has 1 aromatic heterocycles. The van der Waals surface area contributed by atoms with Crippen LogP contribution in [0, 0.1) is 0 Å². The number of rotatable bonds is 2. The number of ether oxygens (including phenoxy) is 1. The highest BCUT2D eigenvalue weighted by atomic mass is 35.5. The summed E-state index contributed by atoms with van der Waals surface area (Å²) in [5.74, 6) is -0.114. The molecule has 5 nitrogen and oxygen atoms in total. The van der Waals surface area contributed by atoms with Crippen LogP contribution in [0.2, 0.25) is 10.0 Å². The number of aromatic nitrogens is 1. The largest absolute Gasteiger partial charge is 0.456 e.